The Kier molecular flexibility index (Phi) is 7.15. The molecule has 0 heterocycles. The van der Waals surface area contributed by atoms with Crippen LogP contribution in [0.25, 0.3) is 5.70 Å². The molecule has 0 unspecified atom stereocenters. The van der Waals surface area contributed by atoms with Crippen molar-refractivity contribution in [1.29, 1.82) is 5.41 Å². The van der Waals surface area contributed by atoms with E-state index in [-0.39, 0.29) is 25.1 Å². The molecular weight excluding hydrogens is 312 g/mol. The molecule has 8 heteroatoms. The second kappa shape index (κ2) is 9.09. The number of allylic oxidation sites excluding steroid dienone is 1. The number of nitrogens with two attached hydrogens (primary N) is 3. The lowest BCUT2D eigenvalue weighted by atomic mass is 10.1. The van der Waals surface area contributed by atoms with Crippen molar-refractivity contribution in [2.24, 2.45) is 17.2 Å². The number of ether oxygens (including phenoxy) is 1. The molecule has 0 fully saturated rings. The van der Waals surface area contributed by atoms with E-state index >= 15 is 0 Å². The molecule has 1 amide bonds. The molecule has 24 heavy (non-hydrogen) atoms. The lowest BCUT2D eigenvalue weighted by molar-refractivity contribution is -0.160. The predicted molar refractivity (Wildman–Crippen MR) is 88.4 cm³/mol. The molecule has 8 nitrogen and oxygen atoms in total. The zero-order valence-corrected chi connectivity index (χ0v) is 13.1. The number of esters is 2. The Morgan fingerprint density at radius 1 is 0.917 bits per heavy atom. The third-order valence-corrected chi connectivity index (χ3v) is 3.05. The molecule has 0 aliphatic rings. The van der Waals surface area contributed by atoms with E-state index in [9.17, 15) is 14.4 Å². The third-order valence-electron chi connectivity index (χ3n) is 3.05. The minimum Gasteiger partial charge on any atom is -0.399 e. The van der Waals surface area contributed by atoms with Gasteiger partial charge < -0.3 is 21.9 Å². The number of rotatable bonds is 8. The van der Waals surface area contributed by atoms with Crippen molar-refractivity contribution in [2.75, 3.05) is 0 Å². The van der Waals surface area contributed by atoms with Gasteiger partial charge in [-0.2, -0.15) is 0 Å². The van der Waals surface area contributed by atoms with Crippen molar-refractivity contribution in [2.45, 2.75) is 25.7 Å². The molecule has 0 saturated carbocycles. The maximum absolute atomic E-state index is 11.5. The van der Waals surface area contributed by atoms with E-state index in [1.807, 2.05) is 0 Å². The summed E-state index contributed by atoms with van der Waals surface area (Å²) in [5.74, 6) is -2.14. The zero-order chi connectivity index (χ0) is 18.1. The van der Waals surface area contributed by atoms with Crippen LogP contribution in [0.4, 0.5) is 0 Å². The number of benzene rings is 1. The van der Waals surface area contributed by atoms with Gasteiger partial charge in [0.15, 0.2) is 0 Å². The number of nitrogens with one attached hydrogen (secondary N) is 1. The molecule has 1 rings (SSSR count). The van der Waals surface area contributed by atoms with Gasteiger partial charge in [-0.1, -0.05) is 30.3 Å². The third kappa shape index (κ3) is 6.73. The van der Waals surface area contributed by atoms with Gasteiger partial charge in [0.05, 0.1) is 6.42 Å². The van der Waals surface area contributed by atoms with Crippen molar-refractivity contribution in [3.8, 4) is 0 Å². The van der Waals surface area contributed by atoms with Crippen LogP contribution >= 0.6 is 0 Å². The number of primary amides is 1. The van der Waals surface area contributed by atoms with Gasteiger partial charge in [0.2, 0.25) is 5.91 Å². The van der Waals surface area contributed by atoms with Crippen LogP contribution in [0.5, 0.6) is 0 Å². The molecule has 128 valence electrons. The Hall–Kier alpha value is -3.16. The summed E-state index contributed by atoms with van der Waals surface area (Å²) in [6.45, 7) is 0. The first-order chi connectivity index (χ1) is 11.3. The first-order valence-corrected chi connectivity index (χ1v) is 7.22. The summed E-state index contributed by atoms with van der Waals surface area (Å²) in [4.78, 5) is 33.2. The summed E-state index contributed by atoms with van der Waals surface area (Å²) in [5.41, 5.74) is 17.9. The highest BCUT2D eigenvalue weighted by Gasteiger charge is 2.11. The minimum absolute atomic E-state index is 0.0193. The van der Waals surface area contributed by atoms with Crippen LogP contribution in [-0.4, -0.2) is 23.7 Å². The largest absolute Gasteiger partial charge is 0.399 e. The molecule has 1 aromatic carbocycles. The van der Waals surface area contributed by atoms with E-state index in [0.717, 1.165) is 5.56 Å². The van der Waals surface area contributed by atoms with Crippen LogP contribution < -0.4 is 17.2 Å². The van der Waals surface area contributed by atoms with E-state index in [0.29, 0.717) is 17.7 Å². The van der Waals surface area contributed by atoms with Gasteiger partial charge in [-0.3, -0.25) is 19.8 Å². The fourth-order valence-corrected chi connectivity index (χ4v) is 1.76. The predicted octanol–water partition coefficient (Wildman–Crippen LogP) is 0.386. The Balaban J connectivity index is 2.45. The highest BCUT2D eigenvalue weighted by atomic mass is 16.6. The van der Waals surface area contributed by atoms with E-state index in [4.69, 9.17) is 22.6 Å². The monoisotopic (exact) mass is 332 g/mol. The van der Waals surface area contributed by atoms with E-state index in [1.54, 1.807) is 30.3 Å². The first-order valence-electron chi connectivity index (χ1n) is 7.22. The van der Waals surface area contributed by atoms with Crippen LogP contribution in [0.1, 0.15) is 36.8 Å². The average Bonchev–Trinajstić information content (AvgIpc) is 2.52. The molecule has 0 aliphatic carbocycles. The Morgan fingerprint density at radius 2 is 1.46 bits per heavy atom. The van der Waals surface area contributed by atoms with Gasteiger partial charge in [-0.15, -0.1) is 0 Å². The quantitative estimate of drug-likeness (QED) is 0.233. The number of hydrogen-bond acceptors (Lipinski definition) is 6. The highest BCUT2D eigenvalue weighted by Crippen LogP contribution is 2.12. The van der Waals surface area contributed by atoms with Crippen LogP contribution in [0.2, 0.25) is 0 Å². The van der Waals surface area contributed by atoms with Crippen LogP contribution in [-0.2, 0) is 19.1 Å². The zero-order valence-electron chi connectivity index (χ0n) is 13.1. The summed E-state index contributed by atoms with van der Waals surface area (Å²) in [6.07, 6.45) is 1.53. The summed E-state index contributed by atoms with van der Waals surface area (Å²) >= 11 is 0. The van der Waals surface area contributed by atoms with Crippen molar-refractivity contribution >= 4 is 29.4 Å². The number of nitrogen functional groups attached to an aromatic ring is 1. The number of amides is 1. The Morgan fingerprint density at radius 3 is 2.00 bits per heavy atom. The van der Waals surface area contributed by atoms with E-state index in [2.05, 4.69) is 4.74 Å². The normalized spacial score (nSPS) is 10.9. The van der Waals surface area contributed by atoms with Crippen LogP contribution in [0.15, 0.2) is 30.3 Å². The van der Waals surface area contributed by atoms with Crippen LogP contribution in [0, 0.1) is 5.41 Å². The Bertz CT molecular complexity index is 665. The van der Waals surface area contributed by atoms with Gasteiger partial charge in [-0.05, 0) is 12.0 Å². The topological polar surface area (TPSA) is 162 Å². The highest BCUT2D eigenvalue weighted by molar-refractivity contribution is 5.95. The van der Waals surface area contributed by atoms with Gasteiger partial charge in [0.25, 0.3) is 0 Å². The minimum atomic E-state index is -0.782. The molecule has 0 radical (unpaired) electrons. The summed E-state index contributed by atoms with van der Waals surface area (Å²) in [6, 6.07) is 6.77. The lowest BCUT2D eigenvalue weighted by Crippen LogP contribution is -2.16. The SMILES string of the molecule is N=C(N)c1ccc(C(N)=CCCC(=O)OC(=O)CCC(N)=O)cc1. The number of hydrogen-bond donors (Lipinski definition) is 4. The van der Waals surface area contributed by atoms with Crippen molar-refractivity contribution in [1.82, 2.24) is 0 Å². The maximum Gasteiger partial charge on any atom is 0.313 e. The molecule has 0 aromatic heterocycles. The van der Waals surface area contributed by atoms with Gasteiger partial charge in [0.1, 0.15) is 5.84 Å². The van der Waals surface area contributed by atoms with Crippen LogP contribution in [0.3, 0.4) is 0 Å². The van der Waals surface area contributed by atoms with Gasteiger partial charge in [0, 0.05) is 24.1 Å². The molecule has 0 aliphatic heterocycles. The van der Waals surface area contributed by atoms with Crippen molar-refractivity contribution in [3.05, 3.63) is 41.5 Å². The van der Waals surface area contributed by atoms with E-state index in [1.165, 1.54) is 0 Å². The molecular formula is C16H20N4O4. The fraction of sp³-hybridized carbons (Fsp3) is 0.250. The first kappa shape index (κ1) is 18.9. The van der Waals surface area contributed by atoms with Crippen molar-refractivity contribution < 1.29 is 19.1 Å². The molecule has 0 bridgehead atoms. The van der Waals surface area contributed by atoms with Gasteiger partial charge in [-0.25, -0.2) is 0 Å². The second-order valence-electron chi connectivity index (χ2n) is 5.00. The van der Waals surface area contributed by atoms with Gasteiger partial charge >= 0.3 is 11.9 Å². The second-order valence-corrected chi connectivity index (χ2v) is 5.00. The fourth-order valence-electron chi connectivity index (χ4n) is 1.76. The smallest absolute Gasteiger partial charge is 0.313 e. The molecule has 1 aromatic rings. The number of amidine groups is 1. The Labute approximate surface area is 139 Å². The molecule has 0 atom stereocenters. The molecule has 0 saturated heterocycles. The average molecular weight is 332 g/mol. The summed E-state index contributed by atoms with van der Waals surface area (Å²) < 4.78 is 4.54. The maximum atomic E-state index is 11.5. The van der Waals surface area contributed by atoms with E-state index < -0.39 is 17.8 Å². The van der Waals surface area contributed by atoms with Crippen molar-refractivity contribution in [3.63, 3.8) is 0 Å². The molecule has 7 N–H and O–H groups in total. The summed E-state index contributed by atoms with van der Waals surface area (Å²) in [7, 11) is 0. The number of carbonyl (C=O) groups is 3. The standard InChI is InChI=1S/C16H20N4O4/c17-12(10-4-6-11(7-5-10)16(19)20)2-1-3-14(22)24-15(23)9-8-13(18)21/h2,4-7H,1,3,8-9,17H2,(H2,18,21)(H3,19,20). The molecule has 0 spiro atoms. The lowest BCUT2D eigenvalue weighted by Gasteiger charge is -2.04. The summed E-state index contributed by atoms with van der Waals surface area (Å²) in [5, 5.41) is 7.31. The number of carbonyl (C=O) groups excluding carboxylic acids is 3.